The van der Waals surface area contributed by atoms with Crippen molar-refractivity contribution in [1.82, 2.24) is 15.1 Å². The molecule has 4 rings (SSSR count). The second kappa shape index (κ2) is 6.61. The summed E-state index contributed by atoms with van der Waals surface area (Å²) in [6, 6.07) is 15.9. The number of aromatic hydroxyl groups is 1. The fraction of sp³-hybridized carbons (Fsp3) is 0.250. The zero-order chi connectivity index (χ0) is 17.2. The largest absolute Gasteiger partial charge is 0.504 e. The van der Waals surface area contributed by atoms with Gasteiger partial charge in [-0.25, -0.2) is 0 Å². The van der Waals surface area contributed by atoms with Gasteiger partial charge in [-0.1, -0.05) is 30.3 Å². The van der Waals surface area contributed by atoms with E-state index in [1.807, 2.05) is 12.1 Å². The van der Waals surface area contributed by atoms with Gasteiger partial charge in [0.05, 0.1) is 12.8 Å². The summed E-state index contributed by atoms with van der Waals surface area (Å²) in [5, 5.41) is 17.7. The van der Waals surface area contributed by atoms with E-state index in [1.54, 1.807) is 19.2 Å². The first-order valence-corrected chi connectivity index (χ1v) is 8.44. The van der Waals surface area contributed by atoms with Crippen molar-refractivity contribution in [2.75, 3.05) is 13.7 Å². The summed E-state index contributed by atoms with van der Waals surface area (Å²) in [5.74, 6) is 0.604. The molecular weight excluding hydrogens is 314 g/mol. The summed E-state index contributed by atoms with van der Waals surface area (Å²) in [6.45, 7) is 2.79. The van der Waals surface area contributed by atoms with Crippen molar-refractivity contribution in [3.8, 4) is 22.8 Å². The number of methoxy groups -OCH3 is 1. The molecule has 1 aromatic heterocycles. The monoisotopic (exact) mass is 335 g/mol. The fourth-order valence-corrected chi connectivity index (χ4v) is 3.40. The number of phenolic OH excluding ortho intramolecular Hbond substituents is 1. The quantitative estimate of drug-likeness (QED) is 0.767. The van der Waals surface area contributed by atoms with Gasteiger partial charge in [-0.05, 0) is 23.8 Å². The molecular formula is C20H21N3O2. The predicted octanol–water partition coefficient (Wildman–Crippen LogP) is 3.35. The molecule has 0 unspecified atom stereocenters. The van der Waals surface area contributed by atoms with Crippen molar-refractivity contribution in [3.05, 3.63) is 65.4 Å². The van der Waals surface area contributed by atoms with Crippen LogP contribution in [0.2, 0.25) is 0 Å². The Morgan fingerprint density at radius 2 is 2.04 bits per heavy atom. The predicted molar refractivity (Wildman–Crippen MR) is 96.5 cm³/mol. The number of ether oxygens (including phenoxy) is 1. The Morgan fingerprint density at radius 3 is 2.80 bits per heavy atom. The Labute approximate surface area is 146 Å². The molecule has 0 atom stereocenters. The number of nitrogens with one attached hydrogen (secondary N) is 1. The number of aromatic amines is 1. The summed E-state index contributed by atoms with van der Waals surface area (Å²) >= 11 is 0. The molecule has 0 fully saturated rings. The molecule has 1 aliphatic rings. The zero-order valence-electron chi connectivity index (χ0n) is 14.2. The standard InChI is InChI=1S/C20H21N3O2/c1-25-19-8-7-15(11-18(19)24)20-16-13-23(10-9-17(16)21-22-20)12-14-5-3-2-4-6-14/h2-8,11,24H,9-10,12-13H2,1H3,(H,21,22). The van der Waals surface area contributed by atoms with Crippen LogP contribution in [0.5, 0.6) is 11.5 Å². The van der Waals surface area contributed by atoms with Crippen molar-refractivity contribution >= 4 is 0 Å². The van der Waals surface area contributed by atoms with Crippen LogP contribution in [-0.2, 0) is 19.5 Å². The summed E-state index contributed by atoms with van der Waals surface area (Å²) < 4.78 is 5.13. The number of fused-ring (bicyclic) bond motifs is 1. The van der Waals surface area contributed by atoms with Gasteiger partial charge in [0.25, 0.3) is 0 Å². The van der Waals surface area contributed by atoms with Gasteiger partial charge in [0.1, 0.15) is 0 Å². The minimum absolute atomic E-state index is 0.133. The van der Waals surface area contributed by atoms with E-state index in [9.17, 15) is 5.11 Å². The van der Waals surface area contributed by atoms with Gasteiger partial charge in [0.2, 0.25) is 0 Å². The number of H-pyrrole nitrogens is 1. The number of phenols is 1. The zero-order valence-corrected chi connectivity index (χ0v) is 14.2. The molecule has 2 heterocycles. The second-order valence-electron chi connectivity index (χ2n) is 6.36. The number of aromatic nitrogens is 2. The van der Waals surface area contributed by atoms with E-state index in [0.29, 0.717) is 5.75 Å². The van der Waals surface area contributed by atoms with Crippen LogP contribution in [0.1, 0.15) is 16.8 Å². The van der Waals surface area contributed by atoms with Crippen LogP contribution in [0.4, 0.5) is 0 Å². The van der Waals surface area contributed by atoms with Crippen LogP contribution in [0.3, 0.4) is 0 Å². The van der Waals surface area contributed by atoms with Crippen LogP contribution in [0.25, 0.3) is 11.3 Å². The van der Waals surface area contributed by atoms with E-state index >= 15 is 0 Å². The molecule has 5 heteroatoms. The molecule has 2 N–H and O–H groups in total. The van der Waals surface area contributed by atoms with Gasteiger partial charge in [-0.15, -0.1) is 0 Å². The third-order valence-electron chi connectivity index (χ3n) is 4.71. The molecule has 3 aromatic rings. The first-order valence-electron chi connectivity index (χ1n) is 8.44. The van der Waals surface area contributed by atoms with E-state index in [4.69, 9.17) is 4.74 Å². The Morgan fingerprint density at radius 1 is 1.20 bits per heavy atom. The molecule has 128 valence electrons. The average Bonchev–Trinajstić information content (AvgIpc) is 3.06. The Bertz CT molecular complexity index is 874. The minimum Gasteiger partial charge on any atom is -0.504 e. The van der Waals surface area contributed by atoms with E-state index in [-0.39, 0.29) is 5.75 Å². The van der Waals surface area contributed by atoms with Gasteiger partial charge in [-0.2, -0.15) is 5.10 Å². The Kier molecular flexibility index (Phi) is 4.15. The lowest BCUT2D eigenvalue weighted by Gasteiger charge is -2.27. The molecule has 1 aliphatic heterocycles. The lowest BCUT2D eigenvalue weighted by Crippen LogP contribution is -2.29. The van der Waals surface area contributed by atoms with Crippen molar-refractivity contribution < 1.29 is 9.84 Å². The highest BCUT2D eigenvalue weighted by molar-refractivity contribution is 5.67. The van der Waals surface area contributed by atoms with E-state index in [0.717, 1.165) is 37.3 Å². The van der Waals surface area contributed by atoms with Crippen molar-refractivity contribution in [3.63, 3.8) is 0 Å². The molecule has 0 saturated heterocycles. The summed E-state index contributed by atoms with van der Waals surface area (Å²) in [7, 11) is 1.55. The average molecular weight is 335 g/mol. The van der Waals surface area contributed by atoms with Gasteiger partial charge >= 0.3 is 0 Å². The maximum atomic E-state index is 10.1. The van der Waals surface area contributed by atoms with E-state index in [1.165, 1.54) is 16.8 Å². The first kappa shape index (κ1) is 15.7. The van der Waals surface area contributed by atoms with Crippen LogP contribution in [0.15, 0.2) is 48.5 Å². The fourth-order valence-electron chi connectivity index (χ4n) is 3.40. The molecule has 0 aliphatic carbocycles. The molecule has 0 radical (unpaired) electrons. The molecule has 0 spiro atoms. The number of nitrogens with zero attached hydrogens (tertiary/aromatic N) is 2. The van der Waals surface area contributed by atoms with Gasteiger partial charge in [-0.3, -0.25) is 10.00 Å². The third-order valence-corrected chi connectivity index (χ3v) is 4.71. The van der Waals surface area contributed by atoms with Crippen LogP contribution < -0.4 is 4.74 Å². The smallest absolute Gasteiger partial charge is 0.160 e. The second-order valence-corrected chi connectivity index (χ2v) is 6.36. The SMILES string of the molecule is COc1ccc(-c2n[nH]c3c2CN(Cc2ccccc2)CC3)cc1O. The topological polar surface area (TPSA) is 61.4 Å². The lowest BCUT2D eigenvalue weighted by atomic mass is 10.00. The highest BCUT2D eigenvalue weighted by atomic mass is 16.5. The van der Waals surface area contributed by atoms with Crippen molar-refractivity contribution in [2.45, 2.75) is 19.5 Å². The van der Waals surface area contributed by atoms with Gasteiger partial charge < -0.3 is 9.84 Å². The van der Waals surface area contributed by atoms with Crippen LogP contribution >= 0.6 is 0 Å². The van der Waals surface area contributed by atoms with Crippen molar-refractivity contribution in [2.24, 2.45) is 0 Å². The van der Waals surface area contributed by atoms with E-state index < -0.39 is 0 Å². The first-order chi connectivity index (χ1) is 12.2. The van der Waals surface area contributed by atoms with E-state index in [2.05, 4.69) is 39.4 Å². The third kappa shape index (κ3) is 3.10. The van der Waals surface area contributed by atoms with Crippen molar-refractivity contribution in [1.29, 1.82) is 0 Å². The highest BCUT2D eigenvalue weighted by Crippen LogP contribution is 2.34. The Balaban J connectivity index is 1.60. The lowest BCUT2D eigenvalue weighted by molar-refractivity contribution is 0.245. The van der Waals surface area contributed by atoms with Crippen LogP contribution in [-0.4, -0.2) is 33.9 Å². The molecule has 0 amide bonds. The number of benzene rings is 2. The summed E-state index contributed by atoms with van der Waals surface area (Å²) in [6.07, 6.45) is 0.956. The molecule has 25 heavy (non-hydrogen) atoms. The number of hydrogen-bond acceptors (Lipinski definition) is 4. The number of hydrogen-bond donors (Lipinski definition) is 2. The minimum atomic E-state index is 0.133. The van der Waals surface area contributed by atoms with Gasteiger partial charge in [0.15, 0.2) is 11.5 Å². The maximum absolute atomic E-state index is 10.1. The Hall–Kier alpha value is -2.79. The molecule has 0 saturated carbocycles. The summed E-state index contributed by atoms with van der Waals surface area (Å²) in [5.41, 5.74) is 5.53. The van der Waals surface area contributed by atoms with Crippen LogP contribution in [0, 0.1) is 0 Å². The molecule has 2 aromatic carbocycles. The molecule has 0 bridgehead atoms. The molecule has 5 nitrogen and oxygen atoms in total. The highest BCUT2D eigenvalue weighted by Gasteiger charge is 2.23. The summed E-state index contributed by atoms with van der Waals surface area (Å²) in [4.78, 5) is 2.43. The normalized spacial score (nSPS) is 14.3. The number of rotatable bonds is 4. The maximum Gasteiger partial charge on any atom is 0.160 e. The van der Waals surface area contributed by atoms with Gasteiger partial charge in [0, 0.05) is 42.9 Å².